The van der Waals surface area contributed by atoms with Gasteiger partial charge in [0.25, 0.3) is 0 Å². The number of aryl methyl sites for hydroxylation is 1. The molecular formula is C16H15ClN2OS. The van der Waals surface area contributed by atoms with Crippen LogP contribution in [0.3, 0.4) is 0 Å². The van der Waals surface area contributed by atoms with E-state index in [-0.39, 0.29) is 0 Å². The Labute approximate surface area is 132 Å². The minimum Gasteiger partial charge on any atom is -0.477 e. The number of ether oxygens (including phenoxy) is 1. The van der Waals surface area contributed by atoms with Crippen LogP contribution >= 0.6 is 22.9 Å². The third-order valence-corrected chi connectivity index (χ3v) is 4.58. The average Bonchev–Trinajstić information content (AvgIpc) is 2.92. The number of alkyl halides is 1. The SMILES string of the molecule is Cc1ncsc1CCOc1nc(CCl)cc2ccccc12. The Morgan fingerprint density at radius 3 is 2.90 bits per heavy atom. The highest BCUT2D eigenvalue weighted by molar-refractivity contribution is 7.09. The molecule has 3 rings (SSSR count). The number of hydrogen-bond donors (Lipinski definition) is 0. The molecule has 2 aromatic heterocycles. The van der Waals surface area contributed by atoms with Gasteiger partial charge in [-0.25, -0.2) is 9.97 Å². The maximum atomic E-state index is 5.91. The molecule has 3 aromatic rings. The fraction of sp³-hybridized carbons (Fsp3) is 0.250. The quantitative estimate of drug-likeness (QED) is 0.656. The topological polar surface area (TPSA) is 35.0 Å². The average molecular weight is 319 g/mol. The van der Waals surface area contributed by atoms with E-state index in [9.17, 15) is 0 Å². The number of pyridine rings is 1. The van der Waals surface area contributed by atoms with Crippen LogP contribution in [0.5, 0.6) is 5.88 Å². The first-order valence-corrected chi connectivity index (χ1v) is 8.15. The van der Waals surface area contributed by atoms with Crippen molar-refractivity contribution in [3.05, 3.63) is 52.1 Å². The lowest BCUT2D eigenvalue weighted by molar-refractivity contribution is 0.314. The minimum absolute atomic E-state index is 0.384. The summed E-state index contributed by atoms with van der Waals surface area (Å²) in [5.74, 6) is 1.04. The van der Waals surface area contributed by atoms with Crippen LogP contribution < -0.4 is 4.74 Å². The number of rotatable bonds is 5. The first kappa shape index (κ1) is 14.3. The van der Waals surface area contributed by atoms with Crippen LogP contribution in [0.4, 0.5) is 0 Å². The smallest absolute Gasteiger partial charge is 0.221 e. The third-order valence-electron chi connectivity index (χ3n) is 3.31. The van der Waals surface area contributed by atoms with Crippen molar-refractivity contribution in [2.75, 3.05) is 6.61 Å². The largest absolute Gasteiger partial charge is 0.477 e. The van der Waals surface area contributed by atoms with Crippen molar-refractivity contribution in [3.8, 4) is 5.88 Å². The van der Waals surface area contributed by atoms with E-state index in [0.717, 1.165) is 28.6 Å². The van der Waals surface area contributed by atoms with Gasteiger partial charge in [-0.05, 0) is 24.4 Å². The van der Waals surface area contributed by atoms with Gasteiger partial charge >= 0.3 is 0 Å². The maximum absolute atomic E-state index is 5.91. The van der Waals surface area contributed by atoms with Crippen molar-refractivity contribution >= 4 is 33.7 Å². The Kier molecular flexibility index (Phi) is 4.36. The Balaban J connectivity index is 1.81. The molecule has 0 fully saturated rings. The predicted molar refractivity (Wildman–Crippen MR) is 87.4 cm³/mol. The normalized spacial score (nSPS) is 11.0. The summed E-state index contributed by atoms with van der Waals surface area (Å²) in [7, 11) is 0. The molecule has 2 heterocycles. The Morgan fingerprint density at radius 2 is 2.14 bits per heavy atom. The van der Waals surface area contributed by atoms with Crippen LogP contribution in [0.1, 0.15) is 16.3 Å². The molecule has 5 heteroatoms. The summed E-state index contributed by atoms with van der Waals surface area (Å²) in [6.07, 6.45) is 0.845. The van der Waals surface area contributed by atoms with E-state index in [2.05, 4.69) is 9.97 Å². The zero-order chi connectivity index (χ0) is 14.7. The van der Waals surface area contributed by atoms with Gasteiger partial charge in [-0.1, -0.05) is 18.2 Å². The molecule has 1 aromatic carbocycles. The highest BCUT2D eigenvalue weighted by Gasteiger charge is 2.08. The molecule has 0 unspecified atom stereocenters. The molecule has 0 saturated heterocycles. The zero-order valence-corrected chi connectivity index (χ0v) is 13.2. The highest BCUT2D eigenvalue weighted by Crippen LogP contribution is 2.25. The summed E-state index contributed by atoms with van der Waals surface area (Å²) in [5.41, 5.74) is 3.78. The van der Waals surface area contributed by atoms with Gasteiger partial charge in [-0.3, -0.25) is 0 Å². The molecule has 0 aliphatic heterocycles. The van der Waals surface area contributed by atoms with E-state index in [1.807, 2.05) is 42.8 Å². The molecule has 0 N–H and O–H groups in total. The molecular weight excluding hydrogens is 304 g/mol. The predicted octanol–water partition coefficient (Wildman–Crippen LogP) is 4.36. The Hall–Kier alpha value is -1.65. The monoisotopic (exact) mass is 318 g/mol. The van der Waals surface area contributed by atoms with Crippen molar-refractivity contribution in [2.24, 2.45) is 0 Å². The van der Waals surface area contributed by atoms with Crippen LogP contribution in [0.15, 0.2) is 35.8 Å². The summed E-state index contributed by atoms with van der Waals surface area (Å²) in [6.45, 7) is 2.61. The lowest BCUT2D eigenvalue weighted by Gasteiger charge is -2.09. The van der Waals surface area contributed by atoms with E-state index in [1.165, 1.54) is 4.88 Å². The van der Waals surface area contributed by atoms with E-state index in [4.69, 9.17) is 16.3 Å². The highest BCUT2D eigenvalue weighted by atomic mass is 35.5. The standard InChI is InChI=1S/C16H15ClN2OS/c1-11-15(21-10-18-11)6-7-20-16-14-5-3-2-4-12(14)8-13(9-17)19-16/h2-5,8,10H,6-7,9H2,1H3. The number of halogens is 1. The lowest BCUT2D eigenvalue weighted by Crippen LogP contribution is -2.04. The van der Waals surface area contributed by atoms with Gasteiger partial charge in [0.1, 0.15) is 0 Å². The fourth-order valence-corrected chi connectivity index (χ4v) is 3.10. The van der Waals surface area contributed by atoms with Gasteiger partial charge in [-0.15, -0.1) is 22.9 Å². The van der Waals surface area contributed by atoms with Crippen LogP contribution in [0, 0.1) is 6.92 Å². The van der Waals surface area contributed by atoms with Crippen LogP contribution in [-0.4, -0.2) is 16.6 Å². The number of fused-ring (bicyclic) bond motifs is 1. The van der Waals surface area contributed by atoms with Gasteiger partial charge in [-0.2, -0.15) is 0 Å². The summed E-state index contributed by atoms with van der Waals surface area (Å²) >= 11 is 7.57. The Bertz CT molecular complexity index is 757. The molecule has 0 spiro atoms. The van der Waals surface area contributed by atoms with Gasteiger partial charge in [0, 0.05) is 16.7 Å². The van der Waals surface area contributed by atoms with Crippen molar-refractivity contribution in [1.82, 2.24) is 9.97 Å². The number of nitrogens with zero attached hydrogens (tertiary/aromatic N) is 2. The molecule has 0 bridgehead atoms. The third kappa shape index (κ3) is 3.17. The van der Waals surface area contributed by atoms with Gasteiger partial charge in [0.2, 0.25) is 5.88 Å². The second-order valence-corrected chi connectivity index (χ2v) is 5.94. The molecule has 21 heavy (non-hydrogen) atoms. The van der Waals surface area contributed by atoms with E-state index in [1.54, 1.807) is 11.3 Å². The number of aromatic nitrogens is 2. The molecule has 0 amide bonds. The van der Waals surface area contributed by atoms with Crippen molar-refractivity contribution in [3.63, 3.8) is 0 Å². The summed E-state index contributed by atoms with van der Waals surface area (Å²) in [6, 6.07) is 10.1. The molecule has 0 aliphatic rings. The number of benzene rings is 1. The molecule has 0 atom stereocenters. The second kappa shape index (κ2) is 6.41. The van der Waals surface area contributed by atoms with Crippen molar-refractivity contribution < 1.29 is 4.74 Å². The van der Waals surface area contributed by atoms with Crippen molar-refractivity contribution in [1.29, 1.82) is 0 Å². The molecule has 3 nitrogen and oxygen atoms in total. The van der Waals surface area contributed by atoms with Crippen LogP contribution in [0.2, 0.25) is 0 Å². The zero-order valence-electron chi connectivity index (χ0n) is 11.7. The Morgan fingerprint density at radius 1 is 1.29 bits per heavy atom. The van der Waals surface area contributed by atoms with Gasteiger partial charge in [0.05, 0.1) is 29.4 Å². The van der Waals surface area contributed by atoms with Crippen LogP contribution in [-0.2, 0) is 12.3 Å². The van der Waals surface area contributed by atoms with Crippen molar-refractivity contribution in [2.45, 2.75) is 19.2 Å². The van der Waals surface area contributed by atoms with Crippen LogP contribution in [0.25, 0.3) is 10.8 Å². The van der Waals surface area contributed by atoms with Gasteiger partial charge < -0.3 is 4.74 Å². The second-order valence-electron chi connectivity index (χ2n) is 4.73. The summed E-state index contributed by atoms with van der Waals surface area (Å²) < 4.78 is 5.90. The molecule has 0 aliphatic carbocycles. The molecule has 0 radical (unpaired) electrons. The summed E-state index contributed by atoms with van der Waals surface area (Å²) in [5, 5.41) is 2.12. The van der Waals surface area contributed by atoms with E-state index >= 15 is 0 Å². The number of thiazole rings is 1. The van der Waals surface area contributed by atoms with Gasteiger partial charge in [0.15, 0.2) is 0 Å². The first-order valence-electron chi connectivity index (χ1n) is 6.74. The molecule has 108 valence electrons. The minimum atomic E-state index is 0.384. The first-order chi connectivity index (χ1) is 10.3. The maximum Gasteiger partial charge on any atom is 0.221 e. The van der Waals surface area contributed by atoms with E-state index < -0.39 is 0 Å². The van der Waals surface area contributed by atoms with E-state index in [0.29, 0.717) is 18.4 Å². The fourth-order valence-electron chi connectivity index (χ4n) is 2.21. The summed E-state index contributed by atoms with van der Waals surface area (Å²) in [4.78, 5) is 10.0. The number of hydrogen-bond acceptors (Lipinski definition) is 4. The molecule has 0 saturated carbocycles. The lowest BCUT2D eigenvalue weighted by atomic mass is 10.1.